The van der Waals surface area contributed by atoms with Gasteiger partial charge < -0.3 is 11.1 Å². The first kappa shape index (κ1) is 17.9. The number of hydrogen-bond acceptors (Lipinski definition) is 4. The van der Waals surface area contributed by atoms with Crippen molar-refractivity contribution in [2.75, 3.05) is 19.6 Å². The maximum atomic E-state index is 12.6. The summed E-state index contributed by atoms with van der Waals surface area (Å²) in [5, 5.41) is 3.15. The number of nitrogens with one attached hydrogen (secondary N) is 1. The van der Waals surface area contributed by atoms with Crippen LogP contribution in [0.3, 0.4) is 0 Å². The minimum atomic E-state index is -3.60. The number of nitrogens with two attached hydrogens (primary N) is 1. The van der Waals surface area contributed by atoms with Crippen molar-refractivity contribution in [2.45, 2.75) is 24.8 Å². The molecule has 8 heteroatoms. The molecule has 21 heavy (non-hydrogen) atoms. The first-order chi connectivity index (χ1) is 9.34. The normalized spacial score (nSPS) is 19.8. The highest BCUT2D eigenvalue weighted by atomic mass is 35.5. The van der Waals surface area contributed by atoms with Crippen LogP contribution < -0.4 is 11.1 Å². The number of piperazine rings is 1. The van der Waals surface area contributed by atoms with Gasteiger partial charge in [-0.25, -0.2) is 8.42 Å². The average molecular weight is 334 g/mol. The summed E-state index contributed by atoms with van der Waals surface area (Å²) in [4.78, 5) is 11.5. The molecular weight excluding hydrogens is 314 g/mol. The average Bonchev–Trinajstić information content (AvgIpc) is 2.38. The molecular formula is C13H20ClN3O3S. The van der Waals surface area contributed by atoms with Crippen LogP contribution in [0, 0.1) is 6.92 Å². The maximum Gasteiger partial charge on any atom is 0.249 e. The Balaban J connectivity index is 0.00000220. The molecule has 0 aromatic heterocycles. The highest BCUT2D eigenvalue weighted by Crippen LogP contribution is 2.21. The molecule has 1 atom stereocenters. The summed E-state index contributed by atoms with van der Waals surface area (Å²) < 4.78 is 26.7. The lowest BCUT2D eigenvalue weighted by Crippen LogP contribution is -2.52. The third kappa shape index (κ3) is 3.55. The van der Waals surface area contributed by atoms with Crippen molar-refractivity contribution in [1.29, 1.82) is 0 Å². The number of hydrogen-bond donors (Lipinski definition) is 2. The van der Waals surface area contributed by atoms with E-state index in [9.17, 15) is 13.2 Å². The van der Waals surface area contributed by atoms with Crippen LogP contribution in [0.4, 0.5) is 0 Å². The van der Waals surface area contributed by atoms with Crippen molar-refractivity contribution in [3.05, 3.63) is 29.3 Å². The zero-order chi connectivity index (χ0) is 14.9. The standard InChI is InChI=1S/C13H19N3O3S.ClH/c1-9-3-4-11(7-12(9)13(14)17)20(18,19)16-6-5-15-8-10(16)2;/h3-4,7,10,15H,5-6,8H2,1-2H3,(H2,14,17);1H/t10-;/m0./s1. The van der Waals surface area contributed by atoms with Gasteiger partial charge in [0.15, 0.2) is 0 Å². The zero-order valence-electron chi connectivity index (χ0n) is 12.0. The molecule has 0 radical (unpaired) electrons. The summed E-state index contributed by atoms with van der Waals surface area (Å²) in [5.74, 6) is -0.618. The molecule has 1 fully saturated rings. The van der Waals surface area contributed by atoms with Crippen molar-refractivity contribution in [2.24, 2.45) is 5.73 Å². The third-order valence-corrected chi connectivity index (χ3v) is 5.53. The molecule has 0 unspecified atom stereocenters. The Kier molecular flexibility index (Phi) is 5.75. The molecule has 0 bridgehead atoms. The van der Waals surface area contributed by atoms with E-state index in [0.717, 1.165) is 0 Å². The molecule has 1 heterocycles. The zero-order valence-corrected chi connectivity index (χ0v) is 13.6. The van der Waals surface area contributed by atoms with Crippen molar-refractivity contribution in [3.8, 4) is 0 Å². The molecule has 1 aliphatic rings. The third-order valence-electron chi connectivity index (χ3n) is 3.52. The maximum absolute atomic E-state index is 12.6. The molecule has 0 aliphatic carbocycles. The van der Waals surface area contributed by atoms with Crippen LogP contribution in [-0.4, -0.2) is 44.3 Å². The highest BCUT2D eigenvalue weighted by Gasteiger charge is 2.31. The van der Waals surface area contributed by atoms with Crippen molar-refractivity contribution in [3.63, 3.8) is 0 Å². The quantitative estimate of drug-likeness (QED) is 0.842. The minimum Gasteiger partial charge on any atom is -0.366 e. The van der Waals surface area contributed by atoms with E-state index in [1.807, 2.05) is 6.92 Å². The van der Waals surface area contributed by atoms with Gasteiger partial charge in [-0.05, 0) is 31.5 Å². The van der Waals surface area contributed by atoms with Gasteiger partial charge in [0.05, 0.1) is 4.90 Å². The molecule has 6 nitrogen and oxygen atoms in total. The molecule has 1 aromatic carbocycles. The van der Waals surface area contributed by atoms with Gasteiger partial charge in [0.1, 0.15) is 0 Å². The van der Waals surface area contributed by atoms with Gasteiger partial charge in [-0.2, -0.15) is 4.31 Å². The van der Waals surface area contributed by atoms with Crippen molar-refractivity contribution >= 4 is 28.3 Å². The predicted molar refractivity (Wildman–Crippen MR) is 83.2 cm³/mol. The SMILES string of the molecule is Cc1ccc(S(=O)(=O)N2CCNC[C@@H]2C)cc1C(N)=O.Cl. The van der Waals surface area contributed by atoms with Crippen LogP contribution in [0.1, 0.15) is 22.8 Å². The first-order valence-electron chi connectivity index (χ1n) is 6.47. The van der Waals surface area contributed by atoms with Crippen LogP contribution in [0.5, 0.6) is 0 Å². The fourth-order valence-corrected chi connectivity index (χ4v) is 4.00. The van der Waals surface area contributed by atoms with E-state index in [-0.39, 0.29) is 28.9 Å². The number of carbonyl (C=O) groups is 1. The molecule has 1 aliphatic heterocycles. The van der Waals surface area contributed by atoms with Crippen LogP contribution >= 0.6 is 12.4 Å². The van der Waals surface area contributed by atoms with Gasteiger partial charge in [-0.1, -0.05) is 6.07 Å². The summed E-state index contributed by atoms with van der Waals surface area (Å²) >= 11 is 0. The van der Waals surface area contributed by atoms with E-state index in [2.05, 4.69) is 5.32 Å². The van der Waals surface area contributed by atoms with Gasteiger partial charge in [0.2, 0.25) is 15.9 Å². The number of benzene rings is 1. The highest BCUT2D eigenvalue weighted by molar-refractivity contribution is 7.89. The number of amides is 1. The largest absolute Gasteiger partial charge is 0.366 e. The lowest BCUT2D eigenvalue weighted by atomic mass is 10.1. The summed E-state index contributed by atoms with van der Waals surface area (Å²) in [6, 6.07) is 4.38. The summed E-state index contributed by atoms with van der Waals surface area (Å²) in [5.41, 5.74) is 6.19. The molecule has 0 saturated carbocycles. The van der Waals surface area contributed by atoms with E-state index in [0.29, 0.717) is 25.2 Å². The fourth-order valence-electron chi connectivity index (χ4n) is 2.34. The van der Waals surface area contributed by atoms with Crippen molar-refractivity contribution < 1.29 is 13.2 Å². The number of rotatable bonds is 3. The van der Waals surface area contributed by atoms with Crippen LogP contribution in [0.2, 0.25) is 0 Å². The Morgan fingerprint density at radius 1 is 1.43 bits per heavy atom. The van der Waals surface area contributed by atoms with Gasteiger partial charge in [-0.15, -0.1) is 12.4 Å². The molecule has 0 spiro atoms. The van der Waals surface area contributed by atoms with Gasteiger partial charge in [0, 0.05) is 31.2 Å². The van der Waals surface area contributed by atoms with Crippen molar-refractivity contribution in [1.82, 2.24) is 9.62 Å². The smallest absolute Gasteiger partial charge is 0.249 e. The number of aryl methyl sites for hydroxylation is 1. The van der Waals surface area contributed by atoms with Crippen LogP contribution in [-0.2, 0) is 10.0 Å². The number of halogens is 1. The lowest BCUT2D eigenvalue weighted by molar-refractivity contribution is 0.0999. The topological polar surface area (TPSA) is 92.5 Å². The predicted octanol–water partition coefficient (Wildman–Crippen LogP) is 0.498. The second-order valence-electron chi connectivity index (χ2n) is 5.01. The Bertz CT molecular complexity index is 634. The van der Waals surface area contributed by atoms with Crippen LogP contribution in [0.25, 0.3) is 0 Å². The van der Waals surface area contributed by atoms with E-state index < -0.39 is 15.9 Å². The number of primary amides is 1. The Labute approximate surface area is 131 Å². The van der Waals surface area contributed by atoms with Gasteiger partial charge in [-0.3, -0.25) is 4.79 Å². The summed E-state index contributed by atoms with van der Waals surface area (Å²) in [7, 11) is -3.60. The van der Waals surface area contributed by atoms with Gasteiger partial charge in [0.25, 0.3) is 0 Å². The molecule has 1 saturated heterocycles. The van der Waals surface area contributed by atoms with Gasteiger partial charge >= 0.3 is 0 Å². The summed E-state index contributed by atoms with van der Waals surface area (Å²) in [6.45, 7) is 5.24. The van der Waals surface area contributed by atoms with E-state index in [4.69, 9.17) is 5.73 Å². The molecule has 3 N–H and O–H groups in total. The number of sulfonamides is 1. The van der Waals surface area contributed by atoms with Crippen LogP contribution in [0.15, 0.2) is 23.1 Å². The Morgan fingerprint density at radius 3 is 2.67 bits per heavy atom. The second kappa shape index (κ2) is 6.74. The lowest BCUT2D eigenvalue weighted by Gasteiger charge is -2.32. The molecule has 1 aromatic rings. The van der Waals surface area contributed by atoms with E-state index in [1.165, 1.54) is 16.4 Å². The Hall–Kier alpha value is -1.15. The number of carbonyl (C=O) groups excluding carboxylic acids is 1. The summed E-state index contributed by atoms with van der Waals surface area (Å²) in [6.07, 6.45) is 0. The minimum absolute atomic E-state index is 0. The monoisotopic (exact) mass is 333 g/mol. The van der Waals surface area contributed by atoms with E-state index in [1.54, 1.807) is 13.0 Å². The molecule has 2 rings (SSSR count). The second-order valence-corrected chi connectivity index (χ2v) is 6.90. The number of nitrogens with zero attached hydrogens (tertiary/aromatic N) is 1. The first-order valence-corrected chi connectivity index (χ1v) is 7.91. The van der Waals surface area contributed by atoms with E-state index >= 15 is 0 Å². The molecule has 118 valence electrons. The Morgan fingerprint density at radius 2 is 2.10 bits per heavy atom. The fraction of sp³-hybridized carbons (Fsp3) is 0.462. The molecule has 1 amide bonds.